The van der Waals surface area contributed by atoms with Crippen molar-refractivity contribution in [2.45, 2.75) is 82.5 Å². The van der Waals surface area contributed by atoms with Crippen molar-refractivity contribution in [3.8, 4) is 5.75 Å². The Bertz CT molecular complexity index is 714. The molecule has 1 atom stereocenters. The molecule has 2 heterocycles. The first-order valence-corrected chi connectivity index (χ1v) is 10.9. The lowest BCUT2D eigenvalue weighted by Gasteiger charge is -2.48. The second-order valence-electron chi connectivity index (χ2n) is 8.91. The van der Waals surface area contributed by atoms with Gasteiger partial charge >= 0.3 is 0 Å². The van der Waals surface area contributed by atoms with Crippen LogP contribution in [0.3, 0.4) is 0 Å². The van der Waals surface area contributed by atoms with Gasteiger partial charge in [-0.3, -0.25) is 9.69 Å². The fourth-order valence-corrected chi connectivity index (χ4v) is 5.60. The number of hydrogen-bond acceptors (Lipinski definition) is 4. The molecule has 0 bridgehead atoms. The second kappa shape index (κ2) is 8.03. The smallest absolute Gasteiger partial charge is 0.243 e. The lowest BCUT2D eigenvalue weighted by molar-refractivity contribution is -0.152. The maximum Gasteiger partial charge on any atom is 0.243 e. The maximum atomic E-state index is 13.7. The van der Waals surface area contributed by atoms with E-state index in [1.807, 2.05) is 6.07 Å². The van der Waals surface area contributed by atoms with Crippen LogP contribution in [0.25, 0.3) is 0 Å². The van der Waals surface area contributed by atoms with Gasteiger partial charge in [-0.05, 0) is 88.1 Å². The highest BCUT2D eigenvalue weighted by atomic mass is 16.5. The van der Waals surface area contributed by atoms with E-state index in [0.29, 0.717) is 11.9 Å². The molecular formula is C23H34N2O3. The lowest BCUT2D eigenvalue weighted by Crippen LogP contribution is -2.62. The van der Waals surface area contributed by atoms with Gasteiger partial charge in [-0.2, -0.15) is 0 Å². The van der Waals surface area contributed by atoms with E-state index in [1.54, 1.807) is 7.11 Å². The highest BCUT2D eigenvalue weighted by Gasteiger charge is 2.51. The monoisotopic (exact) mass is 386 g/mol. The minimum absolute atomic E-state index is 0.175. The number of aliphatic hydroxyl groups excluding tert-OH is 1. The van der Waals surface area contributed by atoms with Gasteiger partial charge < -0.3 is 14.7 Å². The van der Waals surface area contributed by atoms with Crippen LogP contribution < -0.4 is 4.74 Å². The Hall–Kier alpha value is -1.59. The predicted octanol–water partition coefficient (Wildman–Crippen LogP) is 3.26. The molecule has 1 spiro atoms. The van der Waals surface area contributed by atoms with Gasteiger partial charge in [-0.15, -0.1) is 0 Å². The van der Waals surface area contributed by atoms with Crippen molar-refractivity contribution < 1.29 is 14.6 Å². The topological polar surface area (TPSA) is 53.0 Å². The summed E-state index contributed by atoms with van der Waals surface area (Å²) in [6.07, 6.45) is 7.51. The summed E-state index contributed by atoms with van der Waals surface area (Å²) < 4.78 is 5.34. The molecule has 3 aliphatic rings. The predicted molar refractivity (Wildman–Crippen MR) is 109 cm³/mol. The Balaban J connectivity index is 1.52. The zero-order valence-corrected chi connectivity index (χ0v) is 17.3. The lowest BCUT2D eigenvalue weighted by atomic mass is 9.82. The van der Waals surface area contributed by atoms with E-state index in [2.05, 4.69) is 28.9 Å². The van der Waals surface area contributed by atoms with Crippen LogP contribution in [0, 0.1) is 6.92 Å². The first-order chi connectivity index (χ1) is 13.5. The molecule has 5 heteroatoms. The number of piperidine rings is 1. The average molecular weight is 387 g/mol. The number of aliphatic hydroxyl groups is 1. The number of carbonyl (C=O) groups is 1. The Morgan fingerprint density at radius 1 is 1.14 bits per heavy atom. The number of amides is 1. The van der Waals surface area contributed by atoms with Gasteiger partial charge in [0.25, 0.3) is 0 Å². The number of methoxy groups -OCH3 is 1. The van der Waals surface area contributed by atoms with E-state index in [1.165, 1.54) is 11.1 Å². The summed E-state index contributed by atoms with van der Waals surface area (Å²) in [5, 5.41) is 9.85. The van der Waals surface area contributed by atoms with Crippen LogP contribution in [0.2, 0.25) is 0 Å². The van der Waals surface area contributed by atoms with Gasteiger partial charge in [0.05, 0.1) is 13.2 Å². The molecule has 28 heavy (non-hydrogen) atoms. The Morgan fingerprint density at radius 3 is 2.54 bits per heavy atom. The van der Waals surface area contributed by atoms with Crippen molar-refractivity contribution in [2.24, 2.45) is 0 Å². The van der Waals surface area contributed by atoms with E-state index >= 15 is 0 Å². The highest BCUT2D eigenvalue weighted by Crippen LogP contribution is 2.41. The van der Waals surface area contributed by atoms with Crippen molar-refractivity contribution in [1.82, 2.24) is 9.80 Å². The molecule has 2 aliphatic heterocycles. The van der Waals surface area contributed by atoms with E-state index in [0.717, 1.165) is 76.8 Å². The number of nitrogens with zero attached hydrogens (tertiary/aromatic N) is 2. The van der Waals surface area contributed by atoms with Crippen molar-refractivity contribution >= 4 is 5.91 Å². The van der Waals surface area contributed by atoms with Crippen LogP contribution in [0.4, 0.5) is 0 Å². The van der Waals surface area contributed by atoms with Crippen molar-refractivity contribution in [1.29, 1.82) is 0 Å². The third kappa shape index (κ3) is 3.55. The molecule has 2 saturated heterocycles. The van der Waals surface area contributed by atoms with Gasteiger partial charge in [-0.25, -0.2) is 0 Å². The minimum atomic E-state index is -0.319. The number of rotatable bonds is 4. The molecule has 154 valence electrons. The second-order valence-corrected chi connectivity index (χ2v) is 8.91. The largest absolute Gasteiger partial charge is 0.497 e. The highest BCUT2D eigenvalue weighted by molar-refractivity contribution is 5.88. The fourth-order valence-electron chi connectivity index (χ4n) is 5.60. The van der Waals surface area contributed by atoms with Gasteiger partial charge in [0.2, 0.25) is 5.91 Å². The summed E-state index contributed by atoms with van der Waals surface area (Å²) in [6, 6.07) is 6.57. The molecule has 3 fully saturated rings. The van der Waals surface area contributed by atoms with Crippen LogP contribution in [0.5, 0.6) is 5.75 Å². The summed E-state index contributed by atoms with van der Waals surface area (Å²) in [5.74, 6) is 1.24. The molecule has 0 radical (unpaired) electrons. The molecule has 1 aliphatic carbocycles. The number of likely N-dealkylation sites (tertiary alicyclic amines) is 2. The normalized spacial score (nSPS) is 31.5. The van der Waals surface area contributed by atoms with Crippen LogP contribution in [0.1, 0.15) is 62.5 Å². The Morgan fingerprint density at radius 2 is 1.86 bits per heavy atom. The van der Waals surface area contributed by atoms with Crippen molar-refractivity contribution in [2.75, 3.05) is 20.2 Å². The summed E-state index contributed by atoms with van der Waals surface area (Å²) >= 11 is 0. The maximum absolute atomic E-state index is 13.7. The summed E-state index contributed by atoms with van der Waals surface area (Å²) in [4.78, 5) is 18.3. The van der Waals surface area contributed by atoms with E-state index in [9.17, 15) is 9.90 Å². The third-order valence-electron chi connectivity index (χ3n) is 7.29. The molecule has 0 aromatic heterocycles. The van der Waals surface area contributed by atoms with E-state index in [-0.39, 0.29) is 11.6 Å². The average Bonchev–Trinajstić information content (AvgIpc) is 3.09. The minimum Gasteiger partial charge on any atom is -0.497 e. The molecule has 1 aromatic rings. The quantitative estimate of drug-likeness (QED) is 0.863. The molecule has 1 amide bonds. The molecule has 1 saturated carbocycles. The summed E-state index contributed by atoms with van der Waals surface area (Å²) in [6.45, 7) is 4.84. The van der Waals surface area contributed by atoms with Crippen LogP contribution in [0.15, 0.2) is 18.2 Å². The standard InChI is InChI=1S/C23H34N2O3/c1-17-15-21(28-2)10-5-18(17)16-24-13-3-11-23(24)12-4-14-25(22(23)27)19-6-8-20(26)9-7-19/h5,10,15,19-20,26H,3-4,6-9,11-14,16H2,1-2H3. The number of ether oxygens (including phenoxy) is 1. The van der Waals surface area contributed by atoms with Gasteiger partial charge in [0, 0.05) is 19.1 Å². The van der Waals surface area contributed by atoms with Gasteiger partial charge in [0.15, 0.2) is 0 Å². The number of benzene rings is 1. The summed E-state index contributed by atoms with van der Waals surface area (Å²) in [7, 11) is 1.70. The fraction of sp³-hybridized carbons (Fsp3) is 0.696. The zero-order chi connectivity index (χ0) is 19.7. The molecule has 1 unspecified atom stereocenters. The first kappa shape index (κ1) is 19.7. The van der Waals surface area contributed by atoms with Crippen LogP contribution in [-0.2, 0) is 11.3 Å². The van der Waals surface area contributed by atoms with Crippen LogP contribution >= 0.6 is 0 Å². The zero-order valence-electron chi connectivity index (χ0n) is 17.3. The van der Waals surface area contributed by atoms with E-state index < -0.39 is 0 Å². The molecule has 1 aromatic carbocycles. The number of hydrogen-bond donors (Lipinski definition) is 1. The molecule has 4 rings (SSSR count). The number of carbonyl (C=O) groups excluding carboxylic acids is 1. The van der Waals surface area contributed by atoms with Crippen LogP contribution in [-0.4, -0.2) is 58.7 Å². The molecule has 5 nitrogen and oxygen atoms in total. The van der Waals surface area contributed by atoms with Crippen molar-refractivity contribution in [3.05, 3.63) is 29.3 Å². The molecular weight excluding hydrogens is 352 g/mol. The summed E-state index contributed by atoms with van der Waals surface area (Å²) in [5.41, 5.74) is 2.19. The van der Waals surface area contributed by atoms with E-state index in [4.69, 9.17) is 4.74 Å². The third-order valence-corrected chi connectivity index (χ3v) is 7.29. The molecule has 1 N–H and O–H groups in total. The Kier molecular flexibility index (Phi) is 5.66. The Labute approximate surface area is 168 Å². The SMILES string of the molecule is COc1ccc(CN2CCCC23CCCN(C2CCC(O)CC2)C3=O)c(C)c1. The number of aryl methyl sites for hydroxylation is 1. The van der Waals surface area contributed by atoms with Gasteiger partial charge in [-0.1, -0.05) is 6.07 Å². The van der Waals surface area contributed by atoms with Gasteiger partial charge in [0.1, 0.15) is 11.3 Å². The first-order valence-electron chi connectivity index (χ1n) is 10.9. The van der Waals surface area contributed by atoms with Crippen molar-refractivity contribution in [3.63, 3.8) is 0 Å².